The largest absolute Gasteiger partial charge is 0.342 e. The Labute approximate surface area is 167 Å². The number of likely N-dealkylation sites (tertiary alicyclic amines) is 3. The van der Waals surface area contributed by atoms with Gasteiger partial charge in [0.1, 0.15) is 0 Å². The summed E-state index contributed by atoms with van der Waals surface area (Å²) in [6.07, 6.45) is 8.18. The van der Waals surface area contributed by atoms with Crippen LogP contribution in [0.3, 0.4) is 0 Å². The monoisotopic (exact) mass is 384 g/mol. The molecule has 4 heterocycles. The molecule has 3 fully saturated rings. The highest BCUT2D eigenvalue weighted by Gasteiger charge is 2.34. The van der Waals surface area contributed by atoms with Crippen molar-refractivity contribution in [3.8, 4) is 0 Å². The van der Waals surface area contributed by atoms with Crippen molar-refractivity contribution in [1.29, 1.82) is 0 Å². The molecule has 0 radical (unpaired) electrons. The van der Waals surface area contributed by atoms with Crippen molar-refractivity contribution >= 4 is 11.8 Å². The van der Waals surface area contributed by atoms with Gasteiger partial charge in [-0.2, -0.15) is 0 Å². The first kappa shape index (κ1) is 19.4. The molecule has 1 atom stereocenters. The second-order valence-corrected chi connectivity index (χ2v) is 8.53. The Morgan fingerprint density at radius 2 is 1.71 bits per heavy atom. The van der Waals surface area contributed by atoms with Crippen molar-refractivity contribution in [2.75, 3.05) is 39.3 Å². The van der Waals surface area contributed by atoms with E-state index in [4.69, 9.17) is 0 Å². The summed E-state index contributed by atoms with van der Waals surface area (Å²) < 4.78 is 0. The third-order valence-corrected chi connectivity index (χ3v) is 6.73. The lowest BCUT2D eigenvalue weighted by Crippen LogP contribution is -2.51. The minimum Gasteiger partial charge on any atom is -0.342 e. The van der Waals surface area contributed by atoms with Crippen molar-refractivity contribution in [2.24, 2.45) is 5.92 Å². The van der Waals surface area contributed by atoms with Crippen LogP contribution < -0.4 is 0 Å². The summed E-state index contributed by atoms with van der Waals surface area (Å²) in [6.45, 7) is 7.36. The minimum atomic E-state index is 0.102. The van der Waals surface area contributed by atoms with Crippen LogP contribution in [0.25, 0.3) is 0 Å². The van der Waals surface area contributed by atoms with Crippen LogP contribution in [0, 0.1) is 12.8 Å². The molecule has 1 aromatic rings. The molecule has 28 heavy (non-hydrogen) atoms. The van der Waals surface area contributed by atoms with Gasteiger partial charge in [0, 0.05) is 50.7 Å². The van der Waals surface area contributed by atoms with Crippen LogP contribution >= 0.6 is 0 Å². The average Bonchev–Trinajstić information content (AvgIpc) is 3.28. The second-order valence-electron chi connectivity index (χ2n) is 8.53. The summed E-state index contributed by atoms with van der Waals surface area (Å²) in [6, 6.07) is 4.20. The Hall–Kier alpha value is -1.95. The van der Waals surface area contributed by atoms with Gasteiger partial charge in [-0.05, 0) is 64.1 Å². The molecule has 0 N–H and O–H groups in total. The number of nitrogens with zero attached hydrogens (tertiary/aromatic N) is 4. The van der Waals surface area contributed by atoms with Gasteiger partial charge in [-0.25, -0.2) is 0 Å². The van der Waals surface area contributed by atoms with Gasteiger partial charge in [0.15, 0.2) is 0 Å². The molecule has 6 heteroatoms. The van der Waals surface area contributed by atoms with Gasteiger partial charge < -0.3 is 9.80 Å². The Bertz CT molecular complexity index is 708. The first-order chi connectivity index (χ1) is 13.6. The number of amides is 2. The van der Waals surface area contributed by atoms with Gasteiger partial charge in [0.2, 0.25) is 5.91 Å². The third kappa shape index (κ3) is 4.07. The quantitative estimate of drug-likeness (QED) is 0.803. The van der Waals surface area contributed by atoms with Crippen LogP contribution in [0.5, 0.6) is 0 Å². The Morgan fingerprint density at radius 1 is 0.964 bits per heavy atom. The summed E-state index contributed by atoms with van der Waals surface area (Å²) in [5, 5.41) is 0. The van der Waals surface area contributed by atoms with E-state index in [2.05, 4.69) is 14.8 Å². The van der Waals surface area contributed by atoms with Gasteiger partial charge >= 0.3 is 0 Å². The highest BCUT2D eigenvalue weighted by atomic mass is 16.2. The van der Waals surface area contributed by atoms with E-state index < -0.39 is 0 Å². The van der Waals surface area contributed by atoms with Crippen molar-refractivity contribution < 1.29 is 9.59 Å². The molecule has 2 amide bonds. The lowest BCUT2D eigenvalue weighted by molar-refractivity contribution is -0.136. The molecule has 0 aromatic carbocycles. The molecule has 152 valence electrons. The summed E-state index contributed by atoms with van der Waals surface area (Å²) in [5.41, 5.74) is 1.52. The summed E-state index contributed by atoms with van der Waals surface area (Å²) >= 11 is 0. The van der Waals surface area contributed by atoms with Crippen molar-refractivity contribution in [2.45, 2.75) is 51.5 Å². The standard InChI is InChI=1S/C22H32N4O2/c1-17-20(7-4-10-23-17)22(28)25-14-8-19(9-15-25)26-13-5-6-18(16-26)21(27)24-11-2-3-12-24/h4,7,10,18-19H,2-3,5-6,8-9,11-16H2,1H3/t18-/m1/s1. The van der Waals surface area contributed by atoms with Crippen LogP contribution in [-0.2, 0) is 4.79 Å². The molecule has 3 saturated heterocycles. The highest BCUT2D eigenvalue weighted by Crippen LogP contribution is 2.26. The molecule has 0 unspecified atom stereocenters. The maximum Gasteiger partial charge on any atom is 0.255 e. The van der Waals surface area contributed by atoms with E-state index in [1.54, 1.807) is 6.20 Å². The van der Waals surface area contributed by atoms with E-state index in [0.29, 0.717) is 11.9 Å². The molecule has 1 aromatic heterocycles. The van der Waals surface area contributed by atoms with E-state index in [9.17, 15) is 9.59 Å². The number of hydrogen-bond acceptors (Lipinski definition) is 4. The van der Waals surface area contributed by atoms with Gasteiger partial charge in [-0.15, -0.1) is 0 Å². The topological polar surface area (TPSA) is 56.8 Å². The number of aromatic nitrogens is 1. The Morgan fingerprint density at radius 3 is 2.43 bits per heavy atom. The highest BCUT2D eigenvalue weighted by molar-refractivity contribution is 5.95. The molecular weight excluding hydrogens is 352 g/mol. The zero-order valence-electron chi connectivity index (χ0n) is 17.0. The molecule has 0 aliphatic carbocycles. The predicted molar refractivity (Wildman–Crippen MR) is 108 cm³/mol. The first-order valence-electron chi connectivity index (χ1n) is 10.9. The number of rotatable bonds is 3. The molecule has 0 saturated carbocycles. The van der Waals surface area contributed by atoms with Crippen LogP contribution in [-0.4, -0.2) is 76.8 Å². The predicted octanol–water partition coefficient (Wildman–Crippen LogP) is 2.33. The second kappa shape index (κ2) is 8.60. The number of piperidine rings is 2. The van der Waals surface area contributed by atoms with Crippen LogP contribution in [0.1, 0.15) is 54.6 Å². The molecule has 0 bridgehead atoms. The zero-order chi connectivity index (χ0) is 19.5. The van der Waals surface area contributed by atoms with Crippen molar-refractivity contribution in [3.63, 3.8) is 0 Å². The molecular formula is C22H32N4O2. The number of carbonyl (C=O) groups is 2. The van der Waals surface area contributed by atoms with Gasteiger partial charge in [0.25, 0.3) is 5.91 Å². The normalized spacial score (nSPS) is 24.5. The lowest BCUT2D eigenvalue weighted by atomic mass is 9.92. The summed E-state index contributed by atoms with van der Waals surface area (Å²) in [7, 11) is 0. The van der Waals surface area contributed by atoms with E-state index in [-0.39, 0.29) is 11.8 Å². The minimum absolute atomic E-state index is 0.102. The SMILES string of the molecule is Cc1ncccc1C(=O)N1CCC(N2CCC[C@@H](C(=O)N3CCCC3)C2)CC1. The maximum absolute atomic E-state index is 12.8. The Kier molecular flexibility index (Phi) is 5.95. The summed E-state index contributed by atoms with van der Waals surface area (Å²) in [5.74, 6) is 0.649. The Balaban J connectivity index is 1.31. The molecule has 4 rings (SSSR count). The van der Waals surface area contributed by atoms with E-state index in [1.807, 2.05) is 24.0 Å². The van der Waals surface area contributed by atoms with Crippen molar-refractivity contribution in [1.82, 2.24) is 19.7 Å². The lowest BCUT2D eigenvalue weighted by Gasteiger charge is -2.42. The van der Waals surface area contributed by atoms with E-state index >= 15 is 0 Å². The fourth-order valence-electron chi connectivity index (χ4n) is 5.05. The fourth-order valence-corrected chi connectivity index (χ4v) is 5.05. The first-order valence-corrected chi connectivity index (χ1v) is 10.9. The summed E-state index contributed by atoms with van der Waals surface area (Å²) in [4.78, 5) is 36.4. The average molecular weight is 385 g/mol. The van der Waals surface area contributed by atoms with E-state index in [0.717, 1.165) is 89.1 Å². The van der Waals surface area contributed by atoms with Gasteiger partial charge in [0.05, 0.1) is 11.5 Å². The molecule has 6 nitrogen and oxygen atoms in total. The number of aryl methyl sites for hydroxylation is 1. The molecule has 3 aliphatic rings. The number of carbonyl (C=O) groups excluding carboxylic acids is 2. The van der Waals surface area contributed by atoms with Gasteiger partial charge in [-0.3, -0.25) is 19.5 Å². The number of pyridine rings is 1. The van der Waals surface area contributed by atoms with Gasteiger partial charge in [-0.1, -0.05) is 0 Å². The van der Waals surface area contributed by atoms with E-state index in [1.165, 1.54) is 0 Å². The van der Waals surface area contributed by atoms with Crippen molar-refractivity contribution in [3.05, 3.63) is 29.6 Å². The smallest absolute Gasteiger partial charge is 0.255 e. The zero-order valence-corrected chi connectivity index (χ0v) is 17.0. The van der Waals surface area contributed by atoms with Crippen LogP contribution in [0.2, 0.25) is 0 Å². The third-order valence-electron chi connectivity index (χ3n) is 6.73. The molecule has 0 spiro atoms. The fraction of sp³-hybridized carbons (Fsp3) is 0.682. The van der Waals surface area contributed by atoms with Crippen LogP contribution in [0.15, 0.2) is 18.3 Å². The van der Waals surface area contributed by atoms with Crippen LogP contribution in [0.4, 0.5) is 0 Å². The number of hydrogen-bond donors (Lipinski definition) is 0. The maximum atomic E-state index is 12.8. The molecule has 3 aliphatic heterocycles.